The normalized spacial score (nSPS) is 21.3. The zero-order valence-electron chi connectivity index (χ0n) is 38.6. The second kappa shape index (κ2) is 22.8. The van der Waals surface area contributed by atoms with Gasteiger partial charge >= 0.3 is 0 Å². The molecule has 4 amide bonds. The number of carbonyl (C=O) groups excluding carboxylic acids is 4. The number of pyridine rings is 2. The van der Waals surface area contributed by atoms with Gasteiger partial charge in [0.1, 0.15) is 11.6 Å². The second-order valence-corrected chi connectivity index (χ2v) is 21.9. The summed E-state index contributed by atoms with van der Waals surface area (Å²) in [7, 11) is 0. The molecule has 4 N–H and O–H groups in total. The minimum Gasteiger partial charge on any atom is -0.376 e. The van der Waals surface area contributed by atoms with Crippen LogP contribution in [0.1, 0.15) is 70.7 Å². The Morgan fingerprint density at radius 3 is 1.33 bits per heavy atom. The highest BCUT2D eigenvalue weighted by Crippen LogP contribution is 2.37. The first-order valence-electron chi connectivity index (χ1n) is 23.7. The molecule has 6 aromatic rings. The first-order valence-corrected chi connectivity index (χ1v) is 26.1. The summed E-state index contributed by atoms with van der Waals surface area (Å²) in [5, 5.41) is 11.3. The lowest BCUT2D eigenvalue weighted by Crippen LogP contribution is -2.41. The summed E-state index contributed by atoms with van der Waals surface area (Å²) in [6.45, 7) is 1.20. The van der Waals surface area contributed by atoms with Crippen LogP contribution in [-0.4, -0.2) is 70.3 Å². The van der Waals surface area contributed by atoms with Gasteiger partial charge in [0, 0.05) is 61.7 Å². The smallest absolute Gasteiger partial charge is 0.261 e. The topological polar surface area (TPSA) is 179 Å². The standard InChI is InChI=1S/2C26H25ClFN3O4S/c2*27-23-9-8-22(36-23)26(34)30-20-11-16(12-21(20)35-14-15-4-5-15)25(33)29-19-7-6-17(13-18(19)28)31-10-2-1-3-24(31)32/h2*1-3,6-10,13,15-16,20-21H,4-5,11-12,14H2,(H,29,33)(H,30,34)/t16-,20+,21+;16-,20-,21-/m10/s1. The Bertz CT molecular complexity index is 2880. The molecule has 20 heteroatoms. The lowest BCUT2D eigenvalue weighted by molar-refractivity contribution is -0.120. The molecule has 4 aromatic heterocycles. The highest BCUT2D eigenvalue weighted by Gasteiger charge is 2.42. The van der Waals surface area contributed by atoms with Crippen molar-refractivity contribution in [3.63, 3.8) is 0 Å². The molecular formula is C52H50Cl2F2N6O8S2. The van der Waals surface area contributed by atoms with Gasteiger partial charge in [0.25, 0.3) is 22.9 Å². The van der Waals surface area contributed by atoms with Gasteiger partial charge in [-0.3, -0.25) is 37.9 Å². The van der Waals surface area contributed by atoms with Crippen LogP contribution in [0.3, 0.4) is 0 Å². The van der Waals surface area contributed by atoms with E-state index in [4.69, 9.17) is 32.7 Å². The molecule has 0 spiro atoms. The van der Waals surface area contributed by atoms with Gasteiger partial charge in [0.05, 0.1) is 65.5 Å². The summed E-state index contributed by atoms with van der Waals surface area (Å²) >= 11 is 14.3. The van der Waals surface area contributed by atoms with Crippen molar-refractivity contribution in [1.29, 1.82) is 0 Å². The van der Waals surface area contributed by atoms with E-state index in [1.165, 1.54) is 68.2 Å². The fraction of sp³-hybridized carbons (Fsp3) is 0.346. The molecule has 0 unspecified atom stereocenters. The molecule has 0 radical (unpaired) electrons. The van der Waals surface area contributed by atoms with Crippen molar-refractivity contribution in [1.82, 2.24) is 19.8 Å². The molecule has 0 saturated heterocycles. The second-order valence-electron chi connectivity index (χ2n) is 18.5. The van der Waals surface area contributed by atoms with Gasteiger partial charge in [0.15, 0.2) is 0 Å². The van der Waals surface area contributed by atoms with Gasteiger partial charge in [-0.05, 0) is 124 Å². The third-order valence-corrected chi connectivity index (χ3v) is 15.5. The van der Waals surface area contributed by atoms with E-state index >= 15 is 0 Å². The molecule has 4 fully saturated rings. The van der Waals surface area contributed by atoms with E-state index in [0.29, 0.717) is 80.5 Å². The fourth-order valence-corrected chi connectivity index (χ4v) is 10.7. The van der Waals surface area contributed by atoms with Crippen LogP contribution in [0.25, 0.3) is 11.4 Å². The summed E-state index contributed by atoms with van der Waals surface area (Å²) < 4.78 is 45.5. The number of thiophene rings is 2. The molecular weight excluding hydrogens is 1010 g/mol. The van der Waals surface area contributed by atoms with Crippen LogP contribution in [0.5, 0.6) is 0 Å². The Hall–Kier alpha value is -6.02. The molecule has 72 heavy (non-hydrogen) atoms. The van der Waals surface area contributed by atoms with Crippen molar-refractivity contribution in [2.45, 2.75) is 75.7 Å². The maximum Gasteiger partial charge on any atom is 0.261 e. The van der Waals surface area contributed by atoms with Gasteiger partial charge in [0.2, 0.25) is 11.8 Å². The third-order valence-electron chi connectivity index (χ3n) is 13.1. The zero-order valence-corrected chi connectivity index (χ0v) is 41.7. The number of hydrogen-bond donors (Lipinski definition) is 4. The van der Waals surface area contributed by atoms with Crippen LogP contribution in [-0.2, 0) is 19.1 Å². The lowest BCUT2D eigenvalue weighted by Gasteiger charge is -2.21. The van der Waals surface area contributed by atoms with Crippen molar-refractivity contribution in [2.24, 2.45) is 23.7 Å². The van der Waals surface area contributed by atoms with Crippen molar-refractivity contribution in [3.8, 4) is 11.4 Å². The number of nitrogens with one attached hydrogen (secondary N) is 4. The van der Waals surface area contributed by atoms with E-state index in [2.05, 4.69) is 21.3 Å². The number of benzene rings is 2. The molecule has 10 rings (SSSR count). The number of rotatable bonds is 16. The van der Waals surface area contributed by atoms with Crippen LogP contribution in [0.2, 0.25) is 8.67 Å². The monoisotopic (exact) mass is 1060 g/mol. The Labute approximate surface area is 430 Å². The van der Waals surface area contributed by atoms with Gasteiger partial charge in [-0.1, -0.05) is 35.3 Å². The van der Waals surface area contributed by atoms with Crippen molar-refractivity contribution >= 4 is 80.9 Å². The van der Waals surface area contributed by atoms with E-state index in [0.717, 1.165) is 25.7 Å². The molecule has 4 aliphatic carbocycles. The average Bonchev–Trinajstić information content (AvgIpc) is 4.18. The SMILES string of the molecule is O=C(N[C@H]1C[C@@H](C(=O)Nc2ccc(-n3ccccc3=O)cc2F)C[C@@H]1OCC1CC1)c1ccc(Cl)s1.O=C(N[C@H]1C[C@H](C(=O)Nc2ccc(-n3ccccc3=O)cc2F)C[C@@H]1OCC1CC1)c1ccc(Cl)s1. The van der Waals surface area contributed by atoms with Crippen LogP contribution in [0.15, 0.2) is 119 Å². The summed E-state index contributed by atoms with van der Waals surface area (Å²) in [4.78, 5) is 76.6. The minimum atomic E-state index is -0.643. The average molecular weight is 1060 g/mol. The molecule has 6 atom stereocenters. The first kappa shape index (κ1) is 50.9. The number of amides is 4. The lowest BCUT2D eigenvalue weighted by atomic mass is 10.1. The van der Waals surface area contributed by atoms with Crippen LogP contribution in [0.4, 0.5) is 20.2 Å². The van der Waals surface area contributed by atoms with E-state index < -0.39 is 23.5 Å². The number of carbonyl (C=O) groups is 4. The first-order chi connectivity index (χ1) is 34.7. The number of halogens is 4. The predicted octanol–water partition coefficient (Wildman–Crippen LogP) is 9.27. The van der Waals surface area contributed by atoms with Crippen molar-refractivity contribution in [3.05, 3.63) is 160 Å². The molecule has 4 aliphatic rings. The van der Waals surface area contributed by atoms with E-state index in [9.17, 15) is 37.5 Å². The molecule has 0 bridgehead atoms. The maximum atomic E-state index is 14.8. The van der Waals surface area contributed by atoms with Crippen LogP contribution in [0, 0.1) is 35.3 Å². The Morgan fingerprint density at radius 2 is 0.986 bits per heavy atom. The number of ether oxygens (including phenoxy) is 2. The minimum absolute atomic E-state index is 0.0314. The number of hydrogen-bond acceptors (Lipinski definition) is 10. The van der Waals surface area contributed by atoms with Crippen LogP contribution < -0.4 is 32.4 Å². The molecule has 4 saturated carbocycles. The van der Waals surface area contributed by atoms with Gasteiger partial charge in [-0.15, -0.1) is 22.7 Å². The van der Waals surface area contributed by atoms with Crippen molar-refractivity contribution < 1.29 is 37.4 Å². The van der Waals surface area contributed by atoms with Gasteiger partial charge in [-0.2, -0.15) is 0 Å². The quantitative estimate of drug-likeness (QED) is 0.0741. The molecule has 2 aromatic carbocycles. The Kier molecular flexibility index (Phi) is 16.1. The maximum absolute atomic E-state index is 14.8. The highest BCUT2D eigenvalue weighted by molar-refractivity contribution is 7.18. The summed E-state index contributed by atoms with van der Waals surface area (Å²) in [5.41, 5.74) is 0.223. The summed E-state index contributed by atoms with van der Waals surface area (Å²) in [6, 6.07) is 23.8. The van der Waals surface area contributed by atoms with E-state index in [1.54, 1.807) is 73.1 Å². The van der Waals surface area contributed by atoms with E-state index in [1.807, 2.05) is 0 Å². The zero-order chi connectivity index (χ0) is 50.5. The molecule has 0 aliphatic heterocycles. The largest absolute Gasteiger partial charge is 0.376 e. The number of nitrogens with zero attached hydrogens (tertiary/aromatic N) is 2. The Balaban J connectivity index is 0.000000178. The van der Waals surface area contributed by atoms with Gasteiger partial charge < -0.3 is 30.7 Å². The summed E-state index contributed by atoms with van der Waals surface area (Å²) in [6.07, 6.45) is 8.62. The molecule has 4 heterocycles. The van der Waals surface area contributed by atoms with E-state index in [-0.39, 0.29) is 70.4 Å². The highest BCUT2D eigenvalue weighted by atomic mass is 35.5. The third kappa shape index (κ3) is 13.0. The van der Waals surface area contributed by atoms with Gasteiger partial charge in [-0.25, -0.2) is 8.78 Å². The summed E-state index contributed by atoms with van der Waals surface area (Å²) in [5.74, 6) is -2.31. The molecule has 376 valence electrons. The molecule has 14 nitrogen and oxygen atoms in total. The van der Waals surface area contributed by atoms with Crippen LogP contribution >= 0.6 is 45.9 Å². The number of aromatic nitrogens is 2. The van der Waals surface area contributed by atoms with Crippen molar-refractivity contribution in [2.75, 3.05) is 23.8 Å². The fourth-order valence-electron chi connectivity index (χ4n) is 8.80. The number of anilines is 2. The predicted molar refractivity (Wildman–Crippen MR) is 273 cm³/mol. The Morgan fingerprint density at radius 1 is 0.569 bits per heavy atom.